The highest BCUT2D eigenvalue weighted by Crippen LogP contribution is 2.56. The maximum absolute atomic E-state index is 6.40. The van der Waals surface area contributed by atoms with Crippen LogP contribution in [0.4, 0.5) is 0 Å². The second-order valence-corrected chi connectivity index (χ2v) is 23.2. The number of hydrogen-bond acceptors (Lipinski definition) is 7. The topological polar surface area (TPSA) is 44.2 Å². The van der Waals surface area contributed by atoms with Gasteiger partial charge in [0.15, 0.2) is 0 Å². The average Bonchev–Trinajstić information content (AvgIpc) is 4.19. The highest BCUT2D eigenvalue weighted by Gasteiger charge is 2.52. The van der Waals surface area contributed by atoms with Crippen LogP contribution in [-0.4, -0.2) is 27.1 Å². The molecule has 8 heteroatoms. The van der Waals surface area contributed by atoms with Gasteiger partial charge in [0.05, 0.1) is 22.9 Å². The van der Waals surface area contributed by atoms with Crippen LogP contribution in [0.1, 0.15) is 168 Å². The smallest absolute Gasteiger partial charge is 0.399 e. The average molecular weight is 947 g/mol. The van der Waals surface area contributed by atoms with E-state index in [1.165, 1.54) is 165 Å². The molecule has 0 spiro atoms. The first-order valence-corrected chi connectivity index (χ1v) is 28.2. The van der Waals surface area contributed by atoms with Gasteiger partial charge in [0.25, 0.3) is 0 Å². The lowest BCUT2D eigenvalue weighted by atomic mass is 9.70. The van der Waals surface area contributed by atoms with E-state index in [1.54, 1.807) is 22.5 Å². The van der Waals surface area contributed by atoms with Gasteiger partial charge in [0, 0.05) is 35.9 Å². The molecule has 67 heavy (non-hydrogen) atoms. The number of aromatic nitrogens is 2. The Morgan fingerprint density at radius 1 is 0.448 bits per heavy atom. The molecular weight excluding hydrogens is 876 g/mol. The molecule has 350 valence electrons. The highest BCUT2D eigenvalue weighted by atomic mass is 32.1. The second kappa shape index (κ2) is 21.4. The number of hydrogen-bond donors (Lipinski definition) is 0. The van der Waals surface area contributed by atoms with Crippen molar-refractivity contribution in [1.29, 1.82) is 0 Å². The summed E-state index contributed by atoms with van der Waals surface area (Å²) >= 11 is 4.90. The molecule has 0 unspecified atom stereocenters. The van der Waals surface area contributed by atoms with Crippen LogP contribution < -0.4 is 4.78 Å². The fraction of sp³-hybridized carbons (Fsp3) is 0.458. The zero-order valence-corrected chi connectivity index (χ0v) is 43.5. The van der Waals surface area contributed by atoms with Gasteiger partial charge in [-0.3, -0.25) is 0 Å². The van der Waals surface area contributed by atoms with Gasteiger partial charge in [-0.15, -0.1) is 22.7 Å². The summed E-state index contributed by atoms with van der Waals surface area (Å²) in [5.41, 5.74) is 13.4. The normalized spacial score (nSPS) is 15.7. The summed E-state index contributed by atoms with van der Waals surface area (Å²) in [5.74, 6) is 0. The van der Waals surface area contributed by atoms with E-state index in [-0.39, 0.29) is 23.7 Å². The zero-order chi connectivity index (χ0) is 46.4. The van der Waals surface area contributed by atoms with E-state index in [1.807, 2.05) is 11.3 Å². The summed E-state index contributed by atoms with van der Waals surface area (Å²) < 4.78 is 23.7. The molecular formula is C59H71BN2O2S3. The predicted molar refractivity (Wildman–Crippen MR) is 291 cm³/mol. The molecule has 2 aliphatic rings. The summed E-state index contributed by atoms with van der Waals surface area (Å²) in [6.07, 6.45) is 23.9. The molecule has 1 saturated heterocycles. The molecule has 4 aromatic carbocycles. The van der Waals surface area contributed by atoms with Crippen molar-refractivity contribution in [2.75, 3.05) is 0 Å². The Balaban J connectivity index is 1.02. The molecule has 0 bridgehead atoms. The molecule has 0 saturated carbocycles. The van der Waals surface area contributed by atoms with Crippen LogP contribution in [-0.2, 0) is 14.7 Å². The Morgan fingerprint density at radius 2 is 0.910 bits per heavy atom. The molecule has 0 N–H and O–H groups in total. The summed E-state index contributed by atoms with van der Waals surface area (Å²) in [6, 6.07) is 39.4. The monoisotopic (exact) mass is 946 g/mol. The first kappa shape index (κ1) is 48.1. The first-order valence-electron chi connectivity index (χ1n) is 25.8. The third-order valence-corrected chi connectivity index (χ3v) is 18.2. The van der Waals surface area contributed by atoms with Gasteiger partial charge in [-0.25, -0.2) is 0 Å². The van der Waals surface area contributed by atoms with Crippen LogP contribution in [0.3, 0.4) is 0 Å². The van der Waals surface area contributed by atoms with Crippen LogP contribution in [0.5, 0.6) is 0 Å². The van der Waals surface area contributed by atoms with Crippen molar-refractivity contribution >= 4 is 57.3 Å². The lowest BCUT2D eigenvalue weighted by Crippen LogP contribution is -2.41. The van der Waals surface area contributed by atoms with Gasteiger partial charge in [0.2, 0.25) is 0 Å². The summed E-state index contributed by atoms with van der Waals surface area (Å²) in [5, 5.41) is 0. The number of benzene rings is 4. The lowest BCUT2D eigenvalue weighted by molar-refractivity contribution is 0.00578. The lowest BCUT2D eigenvalue weighted by Gasteiger charge is -2.33. The van der Waals surface area contributed by atoms with E-state index in [4.69, 9.17) is 18.1 Å². The molecule has 3 aromatic heterocycles. The Morgan fingerprint density at radius 3 is 1.48 bits per heavy atom. The minimum absolute atomic E-state index is 0.00563. The van der Waals surface area contributed by atoms with Gasteiger partial charge in [-0.1, -0.05) is 189 Å². The maximum Gasteiger partial charge on any atom is 0.505 e. The summed E-state index contributed by atoms with van der Waals surface area (Å²) in [7, 11) is -0.378. The highest BCUT2D eigenvalue weighted by molar-refractivity contribution is 7.25. The number of nitrogens with zero attached hydrogens (tertiary/aromatic N) is 2. The number of unbranched alkanes of at least 4 members (excludes halogenated alkanes) is 14. The van der Waals surface area contributed by atoms with Gasteiger partial charge in [-0.2, -0.15) is 8.75 Å². The molecule has 0 radical (unpaired) electrons. The predicted octanol–water partition coefficient (Wildman–Crippen LogP) is 18.1. The Labute approximate surface area is 414 Å². The van der Waals surface area contributed by atoms with Crippen molar-refractivity contribution in [3.05, 3.63) is 114 Å². The molecule has 4 heterocycles. The van der Waals surface area contributed by atoms with E-state index in [0.29, 0.717) is 0 Å². The second-order valence-electron chi connectivity index (χ2n) is 20.5. The summed E-state index contributed by atoms with van der Waals surface area (Å²) in [4.78, 5) is 3.68. The molecule has 9 rings (SSSR count). The number of thiophene rings is 2. The third kappa shape index (κ3) is 10.2. The van der Waals surface area contributed by atoms with E-state index in [0.717, 1.165) is 31.8 Å². The maximum atomic E-state index is 6.40. The Bertz CT molecular complexity index is 2690. The van der Waals surface area contributed by atoms with Crippen LogP contribution in [0.25, 0.3) is 64.6 Å². The largest absolute Gasteiger partial charge is 0.505 e. The van der Waals surface area contributed by atoms with Gasteiger partial charge < -0.3 is 9.31 Å². The fourth-order valence-electron chi connectivity index (χ4n) is 10.7. The Kier molecular flexibility index (Phi) is 15.4. The van der Waals surface area contributed by atoms with Crippen LogP contribution in [0.2, 0.25) is 0 Å². The molecule has 1 aliphatic carbocycles. The fourth-order valence-corrected chi connectivity index (χ4v) is 13.3. The quantitative estimate of drug-likeness (QED) is 0.0473. The third-order valence-electron chi connectivity index (χ3n) is 15.3. The van der Waals surface area contributed by atoms with Crippen molar-refractivity contribution in [2.45, 2.75) is 174 Å². The number of rotatable bonds is 23. The SMILES string of the molecule is CCCCCCCCCCC1(CCCCCCCCCC)c2cc(-c3ccccc3)ccc2-c2ccc(-c3ccc(-c4ccc(-c5ccc(B6OC(C)(C)C(C)(C)O6)s5)c5nsnc45)s3)cc21. The van der Waals surface area contributed by atoms with Gasteiger partial charge >= 0.3 is 7.12 Å². The van der Waals surface area contributed by atoms with Gasteiger partial charge in [-0.05, 0) is 110 Å². The molecule has 7 aromatic rings. The van der Waals surface area contributed by atoms with Crippen LogP contribution in [0.15, 0.2) is 103 Å². The molecule has 4 nitrogen and oxygen atoms in total. The molecule has 0 amide bonds. The standard InChI is InChI=1S/C59H71BN2O2S3/c1-7-9-11-13-15-17-19-24-38-59(39-25-20-18-16-14-12-10-8-2)49-40-43(42-26-22-21-23-27-42)28-30-45(49)46-31-29-44(41-50(46)59)51-34-35-52(65-51)47-32-33-48(56-55(47)61-67-62-56)53-36-37-54(66-53)60-63-57(3,4)58(5,6)64-60/h21-23,26-37,40-41H,7-20,24-25,38-39H2,1-6H3. The van der Waals surface area contributed by atoms with Crippen molar-refractivity contribution < 1.29 is 9.31 Å². The first-order chi connectivity index (χ1) is 32.6. The zero-order valence-electron chi connectivity index (χ0n) is 41.1. The van der Waals surface area contributed by atoms with E-state index in [9.17, 15) is 0 Å². The van der Waals surface area contributed by atoms with E-state index >= 15 is 0 Å². The van der Waals surface area contributed by atoms with Crippen LogP contribution >= 0.6 is 34.4 Å². The minimum Gasteiger partial charge on any atom is -0.399 e. The van der Waals surface area contributed by atoms with E-state index < -0.39 is 0 Å². The van der Waals surface area contributed by atoms with Crippen molar-refractivity contribution in [2.24, 2.45) is 0 Å². The Hall–Kier alpha value is -3.92. The van der Waals surface area contributed by atoms with Crippen molar-refractivity contribution in [1.82, 2.24) is 8.75 Å². The number of fused-ring (bicyclic) bond motifs is 4. The van der Waals surface area contributed by atoms with Crippen LogP contribution in [0, 0.1) is 0 Å². The molecule has 1 aliphatic heterocycles. The minimum atomic E-state index is -0.379. The molecule has 0 atom stereocenters. The molecule has 1 fully saturated rings. The van der Waals surface area contributed by atoms with Gasteiger partial charge in [0.1, 0.15) is 11.0 Å². The van der Waals surface area contributed by atoms with Crippen molar-refractivity contribution in [3.8, 4) is 53.6 Å². The van der Waals surface area contributed by atoms with E-state index in [2.05, 4.69) is 145 Å². The summed E-state index contributed by atoms with van der Waals surface area (Å²) in [6.45, 7) is 13.1. The van der Waals surface area contributed by atoms with Crippen molar-refractivity contribution in [3.63, 3.8) is 0 Å².